The topological polar surface area (TPSA) is 32.5 Å². The van der Waals surface area contributed by atoms with E-state index in [4.69, 9.17) is 5.73 Å². The number of nitrogens with zero attached hydrogens (tertiary/aromatic N) is 2. The number of rotatable bonds is 8. The van der Waals surface area contributed by atoms with E-state index in [1.807, 2.05) is 0 Å². The molecule has 3 heteroatoms. The van der Waals surface area contributed by atoms with E-state index in [9.17, 15) is 0 Å². The Bertz CT molecular complexity index is 214. The molecule has 0 aromatic carbocycles. The number of hydrogen-bond acceptors (Lipinski definition) is 3. The van der Waals surface area contributed by atoms with Crippen molar-refractivity contribution in [3.05, 3.63) is 0 Å². The second kappa shape index (κ2) is 7.46. The maximum Gasteiger partial charge on any atom is 0.0235 e. The van der Waals surface area contributed by atoms with Crippen LogP contribution in [0.3, 0.4) is 0 Å². The van der Waals surface area contributed by atoms with Crippen molar-refractivity contribution in [3.63, 3.8) is 0 Å². The van der Waals surface area contributed by atoms with E-state index in [0.717, 1.165) is 12.6 Å². The third-order valence-corrected chi connectivity index (χ3v) is 5.07. The Hall–Kier alpha value is -0.120. The first-order valence-electron chi connectivity index (χ1n) is 7.81. The van der Waals surface area contributed by atoms with E-state index in [-0.39, 0.29) is 0 Å². The van der Waals surface area contributed by atoms with Crippen LogP contribution in [0.5, 0.6) is 0 Å². The summed E-state index contributed by atoms with van der Waals surface area (Å²) in [6, 6.07) is 0.768. The summed E-state index contributed by atoms with van der Waals surface area (Å²) < 4.78 is 0. The van der Waals surface area contributed by atoms with Gasteiger partial charge in [-0.05, 0) is 50.9 Å². The molecule has 0 radical (unpaired) electrons. The standard InChI is InChI=1S/C15H33N3/c1-5-15(6-2,12-16)13-17-10-9-14(11-17)18(7-3)8-4/h14H,5-13,16H2,1-4H3. The summed E-state index contributed by atoms with van der Waals surface area (Å²) in [5.74, 6) is 0. The third kappa shape index (κ3) is 3.69. The maximum absolute atomic E-state index is 6.02. The van der Waals surface area contributed by atoms with Crippen LogP contribution >= 0.6 is 0 Å². The number of nitrogens with two attached hydrogens (primary N) is 1. The summed E-state index contributed by atoms with van der Waals surface area (Å²) in [6.45, 7) is 16.0. The van der Waals surface area contributed by atoms with E-state index < -0.39 is 0 Å². The van der Waals surface area contributed by atoms with Crippen LogP contribution in [0.1, 0.15) is 47.0 Å². The normalized spacial score (nSPS) is 22.0. The van der Waals surface area contributed by atoms with Crippen LogP contribution in [0.4, 0.5) is 0 Å². The Morgan fingerprint density at radius 3 is 2.22 bits per heavy atom. The molecule has 1 aliphatic heterocycles. The number of hydrogen-bond donors (Lipinski definition) is 1. The first-order valence-corrected chi connectivity index (χ1v) is 7.81. The Kier molecular flexibility index (Phi) is 6.61. The van der Waals surface area contributed by atoms with Crippen LogP contribution in [0.2, 0.25) is 0 Å². The molecule has 0 aromatic rings. The summed E-state index contributed by atoms with van der Waals surface area (Å²) >= 11 is 0. The van der Waals surface area contributed by atoms with Gasteiger partial charge in [0.25, 0.3) is 0 Å². The van der Waals surface area contributed by atoms with Gasteiger partial charge >= 0.3 is 0 Å². The molecule has 1 aliphatic rings. The lowest BCUT2D eigenvalue weighted by Crippen LogP contribution is -2.43. The molecule has 0 bridgehead atoms. The molecule has 0 aliphatic carbocycles. The summed E-state index contributed by atoms with van der Waals surface area (Å²) in [5.41, 5.74) is 6.36. The van der Waals surface area contributed by atoms with Gasteiger partial charge in [0.15, 0.2) is 0 Å². The van der Waals surface area contributed by atoms with E-state index in [1.54, 1.807) is 0 Å². The van der Waals surface area contributed by atoms with Crippen molar-refractivity contribution in [1.82, 2.24) is 9.80 Å². The second-order valence-electron chi connectivity index (χ2n) is 5.81. The number of likely N-dealkylation sites (N-methyl/N-ethyl adjacent to an activating group) is 1. The van der Waals surface area contributed by atoms with Gasteiger partial charge < -0.3 is 10.6 Å². The van der Waals surface area contributed by atoms with Crippen molar-refractivity contribution >= 4 is 0 Å². The molecule has 1 fully saturated rings. The highest BCUT2D eigenvalue weighted by Gasteiger charge is 2.32. The van der Waals surface area contributed by atoms with E-state index in [2.05, 4.69) is 37.5 Å². The van der Waals surface area contributed by atoms with Gasteiger partial charge in [-0.25, -0.2) is 0 Å². The fourth-order valence-electron chi connectivity index (χ4n) is 3.30. The Labute approximate surface area is 114 Å². The molecule has 0 aromatic heterocycles. The van der Waals surface area contributed by atoms with Crippen LogP contribution in [0, 0.1) is 5.41 Å². The maximum atomic E-state index is 6.02. The highest BCUT2D eigenvalue weighted by atomic mass is 15.2. The van der Waals surface area contributed by atoms with Gasteiger partial charge in [-0.3, -0.25) is 4.90 Å². The SMILES string of the molecule is CCN(CC)C1CCN(CC(CC)(CC)CN)C1. The average Bonchev–Trinajstić information content (AvgIpc) is 2.86. The lowest BCUT2D eigenvalue weighted by atomic mass is 9.82. The fraction of sp³-hybridized carbons (Fsp3) is 1.00. The van der Waals surface area contributed by atoms with Crippen molar-refractivity contribution < 1.29 is 0 Å². The lowest BCUT2D eigenvalue weighted by molar-refractivity contribution is 0.150. The van der Waals surface area contributed by atoms with Crippen LogP contribution < -0.4 is 5.73 Å². The first kappa shape index (κ1) is 15.9. The molecular formula is C15H33N3. The Balaban J connectivity index is 2.51. The zero-order valence-corrected chi connectivity index (χ0v) is 12.9. The van der Waals surface area contributed by atoms with Gasteiger partial charge in [0.1, 0.15) is 0 Å². The quantitative estimate of drug-likeness (QED) is 0.721. The molecule has 1 rings (SSSR count). The highest BCUT2D eigenvalue weighted by Crippen LogP contribution is 2.28. The van der Waals surface area contributed by atoms with E-state index >= 15 is 0 Å². The Morgan fingerprint density at radius 1 is 1.17 bits per heavy atom. The van der Waals surface area contributed by atoms with Crippen LogP contribution in [0.25, 0.3) is 0 Å². The summed E-state index contributed by atoms with van der Waals surface area (Å²) in [4.78, 5) is 5.24. The van der Waals surface area contributed by atoms with Crippen molar-refractivity contribution in [1.29, 1.82) is 0 Å². The minimum atomic E-state index is 0.345. The molecule has 0 saturated carbocycles. The highest BCUT2D eigenvalue weighted by molar-refractivity contribution is 4.88. The molecule has 0 spiro atoms. The minimum Gasteiger partial charge on any atom is -0.330 e. The molecule has 1 heterocycles. The van der Waals surface area contributed by atoms with Crippen LogP contribution in [-0.2, 0) is 0 Å². The largest absolute Gasteiger partial charge is 0.330 e. The van der Waals surface area contributed by atoms with Gasteiger partial charge in [-0.1, -0.05) is 27.7 Å². The molecule has 108 valence electrons. The van der Waals surface area contributed by atoms with Gasteiger partial charge in [0.2, 0.25) is 0 Å². The van der Waals surface area contributed by atoms with Crippen LogP contribution in [-0.4, -0.2) is 55.1 Å². The second-order valence-corrected chi connectivity index (χ2v) is 5.81. The van der Waals surface area contributed by atoms with Gasteiger partial charge in [-0.15, -0.1) is 0 Å². The molecule has 18 heavy (non-hydrogen) atoms. The van der Waals surface area contributed by atoms with Gasteiger partial charge in [0.05, 0.1) is 0 Å². The molecule has 1 unspecified atom stereocenters. The predicted octanol–water partition coefficient (Wildman–Crippen LogP) is 2.17. The predicted molar refractivity (Wildman–Crippen MR) is 79.8 cm³/mol. The lowest BCUT2D eigenvalue weighted by Gasteiger charge is -2.35. The molecule has 3 nitrogen and oxygen atoms in total. The molecule has 0 amide bonds. The minimum absolute atomic E-state index is 0.345. The zero-order chi connectivity index (χ0) is 13.6. The summed E-state index contributed by atoms with van der Waals surface area (Å²) in [6.07, 6.45) is 3.73. The molecule has 2 N–H and O–H groups in total. The number of likely N-dealkylation sites (tertiary alicyclic amines) is 1. The smallest absolute Gasteiger partial charge is 0.0235 e. The first-order chi connectivity index (χ1) is 8.64. The van der Waals surface area contributed by atoms with Crippen molar-refractivity contribution in [2.45, 2.75) is 53.0 Å². The van der Waals surface area contributed by atoms with Crippen LogP contribution in [0.15, 0.2) is 0 Å². The monoisotopic (exact) mass is 255 g/mol. The van der Waals surface area contributed by atoms with Crippen molar-refractivity contribution in [3.8, 4) is 0 Å². The molecule has 1 saturated heterocycles. The summed E-state index contributed by atoms with van der Waals surface area (Å²) in [5, 5.41) is 0. The molecular weight excluding hydrogens is 222 g/mol. The van der Waals surface area contributed by atoms with E-state index in [0.29, 0.717) is 5.41 Å². The van der Waals surface area contributed by atoms with Crippen molar-refractivity contribution in [2.24, 2.45) is 11.1 Å². The van der Waals surface area contributed by atoms with Gasteiger partial charge in [-0.2, -0.15) is 0 Å². The zero-order valence-electron chi connectivity index (χ0n) is 12.9. The summed E-state index contributed by atoms with van der Waals surface area (Å²) in [7, 11) is 0. The van der Waals surface area contributed by atoms with Crippen molar-refractivity contribution in [2.75, 3.05) is 39.3 Å². The third-order valence-electron chi connectivity index (χ3n) is 5.07. The molecule has 1 atom stereocenters. The fourth-order valence-corrected chi connectivity index (χ4v) is 3.30. The van der Waals surface area contributed by atoms with Gasteiger partial charge in [0, 0.05) is 19.1 Å². The Morgan fingerprint density at radius 2 is 1.78 bits per heavy atom. The average molecular weight is 255 g/mol. The van der Waals surface area contributed by atoms with E-state index in [1.165, 1.54) is 52.0 Å².